The fourth-order valence-corrected chi connectivity index (χ4v) is 2.94. The van der Waals surface area contributed by atoms with Crippen molar-refractivity contribution in [2.45, 2.75) is 32.7 Å². The molecule has 0 aliphatic rings. The second-order valence-electron chi connectivity index (χ2n) is 6.17. The van der Waals surface area contributed by atoms with Gasteiger partial charge in [0.1, 0.15) is 11.2 Å². The third-order valence-corrected chi connectivity index (χ3v) is 4.18. The average molecular weight is 281 g/mol. The topological polar surface area (TPSA) is 25.2 Å². The maximum Gasteiger partial charge on any atom is 0.135 e. The highest BCUT2D eigenvalue weighted by Gasteiger charge is 2.13. The van der Waals surface area contributed by atoms with E-state index < -0.39 is 0 Å². The lowest BCUT2D eigenvalue weighted by molar-refractivity contribution is 0.465. The van der Waals surface area contributed by atoms with Crippen molar-refractivity contribution in [3.8, 4) is 0 Å². The van der Waals surface area contributed by atoms with Gasteiger partial charge in [-0.15, -0.1) is 0 Å². The first-order valence-electron chi connectivity index (χ1n) is 7.77. The molecule has 21 heavy (non-hydrogen) atoms. The molecule has 2 heteroatoms. The molecule has 0 spiro atoms. The van der Waals surface area contributed by atoms with Gasteiger partial charge in [-0.05, 0) is 49.6 Å². The second-order valence-corrected chi connectivity index (χ2v) is 6.17. The van der Waals surface area contributed by atoms with Crippen molar-refractivity contribution >= 4 is 21.9 Å². The normalized spacial score (nSPS) is 13.3. The molecule has 110 valence electrons. The van der Waals surface area contributed by atoms with Crippen LogP contribution in [0.15, 0.2) is 46.9 Å². The van der Waals surface area contributed by atoms with Crippen molar-refractivity contribution in [1.82, 2.24) is 5.32 Å². The van der Waals surface area contributed by atoms with Crippen LogP contribution in [-0.4, -0.2) is 7.05 Å². The van der Waals surface area contributed by atoms with Gasteiger partial charge in [0.2, 0.25) is 0 Å². The number of nitrogens with one attached hydrogen (secondary N) is 1. The number of furan rings is 1. The molecular formula is C19H23NO. The standard InChI is InChI=1S/C19H23NO/c1-13(2)8-10-17(20-3)14-9-11-19-16(12-14)15-6-4-5-7-18(15)21-19/h4-7,9,11-13,17,20H,8,10H2,1-3H3. The molecule has 1 heterocycles. The van der Waals surface area contributed by atoms with Crippen LogP contribution >= 0.6 is 0 Å². The molecule has 1 unspecified atom stereocenters. The minimum absolute atomic E-state index is 0.408. The Hall–Kier alpha value is -1.80. The van der Waals surface area contributed by atoms with Crippen LogP contribution in [0, 0.1) is 5.92 Å². The largest absolute Gasteiger partial charge is 0.456 e. The maximum atomic E-state index is 5.90. The Morgan fingerprint density at radius 1 is 0.952 bits per heavy atom. The van der Waals surface area contributed by atoms with Crippen LogP contribution in [0.4, 0.5) is 0 Å². The van der Waals surface area contributed by atoms with E-state index in [0.717, 1.165) is 23.5 Å². The molecule has 0 aliphatic heterocycles. The van der Waals surface area contributed by atoms with Gasteiger partial charge in [0.05, 0.1) is 0 Å². The molecule has 2 nitrogen and oxygen atoms in total. The number of benzene rings is 2. The Labute approximate surface area is 126 Å². The van der Waals surface area contributed by atoms with E-state index in [4.69, 9.17) is 4.42 Å². The molecule has 3 rings (SSSR count). The number of hydrogen-bond donors (Lipinski definition) is 1. The SMILES string of the molecule is CNC(CCC(C)C)c1ccc2oc3ccccc3c2c1. The number of hydrogen-bond acceptors (Lipinski definition) is 2. The van der Waals surface area contributed by atoms with Crippen molar-refractivity contribution < 1.29 is 4.42 Å². The molecule has 3 aromatic rings. The molecule has 1 aromatic heterocycles. The highest BCUT2D eigenvalue weighted by molar-refractivity contribution is 6.05. The first-order valence-corrected chi connectivity index (χ1v) is 7.77. The van der Waals surface area contributed by atoms with E-state index in [0.29, 0.717) is 6.04 Å². The molecule has 0 saturated heterocycles. The van der Waals surface area contributed by atoms with E-state index in [1.54, 1.807) is 0 Å². The van der Waals surface area contributed by atoms with Crippen molar-refractivity contribution in [2.75, 3.05) is 7.05 Å². The van der Waals surface area contributed by atoms with Gasteiger partial charge >= 0.3 is 0 Å². The van der Waals surface area contributed by atoms with Crippen molar-refractivity contribution in [3.05, 3.63) is 48.0 Å². The molecule has 0 aliphatic carbocycles. The van der Waals surface area contributed by atoms with Gasteiger partial charge in [-0.2, -0.15) is 0 Å². The maximum absolute atomic E-state index is 5.90. The van der Waals surface area contributed by atoms with Gasteiger partial charge in [0.15, 0.2) is 0 Å². The highest BCUT2D eigenvalue weighted by atomic mass is 16.3. The molecule has 0 radical (unpaired) electrons. The molecule has 0 fully saturated rings. The lowest BCUT2D eigenvalue weighted by Crippen LogP contribution is -2.16. The summed E-state index contributed by atoms with van der Waals surface area (Å²) in [6, 6.07) is 15.2. The fourth-order valence-electron chi connectivity index (χ4n) is 2.94. The van der Waals surface area contributed by atoms with Gasteiger partial charge in [-0.3, -0.25) is 0 Å². The summed E-state index contributed by atoms with van der Waals surface area (Å²) >= 11 is 0. The summed E-state index contributed by atoms with van der Waals surface area (Å²) in [6.45, 7) is 4.55. The van der Waals surface area contributed by atoms with E-state index >= 15 is 0 Å². The van der Waals surface area contributed by atoms with Gasteiger partial charge in [0, 0.05) is 16.8 Å². The Morgan fingerprint density at radius 2 is 1.71 bits per heavy atom. The predicted molar refractivity (Wildman–Crippen MR) is 89.6 cm³/mol. The molecular weight excluding hydrogens is 258 g/mol. The van der Waals surface area contributed by atoms with Crippen LogP contribution in [0.1, 0.15) is 38.3 Å². The lowest BCUT2D eigenvalue weighted by Gasteiger charge is -2.17. The van der Waals surface area contributed by atoms with Gasteiger partial charge < -0.3 is 9.73 Å². The monoisotopic (exact) mass is 281 g/mol. The van der Waals surface area contributed by atoms with E-state index in [1.165, 1.54) is 22.8 Å². The van der Waals surface area contributed by atoms with E-state index in [9.17, 15) is 0 Å². The third kappa shape index (κ3) is 2.81. The molecule has 0 bridgehead atoms. The Bertz CT molecular complexity index is 741. The van der Waals surface area contributed by atoms with Crippen LogP contribution < -0.4 is 5.32 Å². The van der Waals surface area contributed by atoms with Crippen LogP contribution in [0.3, 0.4) is 0 Å². The number of fused-ring (bicyclic) bond motifs is 3. The summed E-state index contributed by atoms with van der Waals surface area (Å²) in [5.41, 5.74) is 3.28. The van der Waals surface area contributed by atoms with Crippen molar-refractivity contribution in [2.24, 2.45) is 5.92 Å². The summed E-state index contributed by atoms with van der Waals surface area (Å²) in [6.07, 6.45) is 2.39. The van der Waals surface area contributed by atoms with Crippen LogP contribution in [0.5, 0.6) is 0 Å². The third-order valence-electron chi connectivity index (χ3n) is 4.18. The van der Waals surface area contributed by atoms with Crippen molar-refractivity contribution in [3.63, 3.8) is 0 Å². The molecule has 1 N–H and O–H groups in total. The Kier molecular flexibility index (Phi) is 3.98. The zero-order valence-electron chi connectivity index (χ0n) is 13.0. The highest BCUT2D eigenvalue weighted by Crippen LogP contribution is 2.31. The second kappa shape index (κ2) is 5.90. The van der Waals surface area contributed by atoms with E-state index in [-0.39, 0.29) is 0 Å². The average Bonchev–Trinajstić information content (AvgIpc) is 2.85. The Morgan fingerprint density at radius 3 is 2.48 bits per heavy atom. The Balaban J connectivity index is 2.00. The molecule has 0 amide bonds. The van der Waals surface area contributed by atoms with Crippen LogP contribution in [0.25, 0.3) is 21.9 Å². The summed E-state index contributed by atoms with van der Waals surface area (Å²) in [7, 11) is 2.04. The number of para-hydroxylation sites is 1. The first kappa shape index (κ1) is 14.2. The van der Waals surface area contributed by atoms with E-state index in [2.05, 4.69) is 49.5 Å². The minimum Gasteiger partial charge on any atom is -0.456 e. The van der Waals surface area contributed by atoms with Gasteiger partial charge in [-0.25, -0.2) is 0 Å². The number of rotatable bonds is 5. The molecule has 1 atom stereocenters. The summed E-state index contributed by atoms with van der Waals surface area (Å²) < 4.78 is 5.90. The zero-order chi connectivity index (χ0) is 14.8. The van der Waals surface area contributed by atoms with Crippen LogP contribution in [0.2, 0.25) is 0 Å². The van der Waals surface area contributed by atoms with Gasteiger partial charge in [0.25, 0.3) is 0 Å². The zero-order valence-corrected chi connectivity index (χ0v) is 13.0. The summed E-state index contributed by atoms with van der Waals surface area (Å²) in [5, 5.41) is 5.87. The van der Waals surface area contributed by atoms with Gasteiger partial charge in [-0.1, -0.05) is 38.1 Å². The first-order chi connectivity index (χ1) is 10.2. The van der Waals surface area contributed by atoms with E-state index in [1.807, 2.05) is 19.2 Å². The predicted octanol–water partition coefficient (Wildman–Crippen LogP) is 5.28. The van der Waals surface area contributed by atoms with Crippen molar-refractivity contribution in [1.29, 1.82) is 0 Å². The quantitative estimate of drug-likeness (QED) is 0.688. The molecule has 0 saturated carbocycles. The summed E-state index contributed by atoms with van der Waals surface area (Å²) in [4.78, 5) is 0. The summed E-state index contributed by atoms with van der Waals surface area (Å²) in [5.74, 6) is 0.735. The smallest absolute Gasteiger partial charge is 0.135 e. The fraction of sp³-hybridized carbons (Fsp3) is 0.368. The lowest BCUT2D eigenvalue weighted by atomic mass is 9.96. The molecule has 2 aromatic carbocycles. The minimum atomic E-state index is 0.408. The van der Waals surface area contributed by atoms with Crippen LogP contribution in [-0.2, 0) is 0 Å².